The number of anilines is 1. The predicted molar refractivity (Wildman–Crippen MR) is 85.1 cm³/mol. The lowest BCUT2D eigenvalue weighted by atomic mass is 10.1. The quantitative estimate of drug-likeness (QED) is 0.799. The molecule has 7 heteroatoms. The van der Waals surface area contributed by atoms with Crippen LogP contribution in [0.1, 0.15) is 5.56 Å². The molecule has 1 amide bonds. The van der Waals surface area contributed by atoms with Gasteiger partial charge in [0.05, 0.1) is 17.8 Å². The van der Waals surface area contributed by atoms with Crippen molar-refractivity contribution in [1.29, 1.82) is 0 Å². The van der Waals surface area contributed by atoms with E-state index in [1.165, 1.54) is 29.5 Å². The van der Waals surface area contributed by atoms with E-state index in [4.69, 9.17) is 11.6 Å². The summed E-state index contributed by atoms with van der Waals surface area (Å²) in [4.78, 5) is 16.1. The number of rotatable bonds is 4. The molecule has 1 N–H and O–H groups in total. The average molecular weight is 331 g/mol. The number of carbonyl (C=O) groups excluding carboxylic acids is 1. The maximum Gasteiger partial charge on any atom is 0.228 e. The molecule has 0 saturated heterocycles. The molecule has 0 aliphatic carbocycles. The van der Waals surface area contributed by atoms with Crippen LogP contribution in [0.25, 0.3) is 5.69 Å². The third-order valence-corrected chi connectivity index (χ3v) is 3.39. The van der Waals surface area contributed by atoms with Crippen molar-refractivity contribution < 1.29 is 9.18 Å². The molecule has 0 fully saturated rings. The normalized spacial score (nSPS) is 10.5. The number of aromatic nitrogens is 3. The van der Waals surface area contributed by atoms with Gasteiger partial charge in [0.25, 0.3) is 0 Å². The van der Waals surface area contributed by atoms with Gasteiger partial charge < -0.3 is 5.32 Å². The first kappa shape index (κ1) is 15.2. The molecule has 1 aromatic heterocycles. The lowest BCUT2D eigenvalue weighted by molar-refractivity contribution is -0.115. The Kier molecular flexibility index (Phi) is 4.34. The number of hydrogen-bond donors (Lipinski definition) is 1. The van der Waals surface area contributed by atoms with Gasteiger partial charge in [-0.15, -0.1) is 0 Å². The first-order valence-corrected chi connectivity index (χ1v) is 7.18. The molecule has 23 heavy (non-hydrogen) atoms. The van der Waals surface area contributed by atoms with Crippen molar-refractivity contribution in [2.75, 3.05) is 5.32 Å². The molecule has 3 aromatic rings. The summed E-state index contributed by atoms with van der Waals surface area (Å²) in [6.45, 7) is 0. The van der Waals surface area contributed by atoms with Crippen LogP contribution in [0.3, 0.4) is 0 Å². The zero-order chi connectivity index (χ0) is 16.2. The Balaban J connectivity index is 1.82. The molecule has 116 valence electrons. The summed E-state index contributed by atoms with van der Waals surface area (Å²) in [6.07, 6.45) is 2.97. The average Bonchev–Trinajstić information content (AvgIpc) is 3.01. The summed E-state index contributed by atoms with van der Waals surface area (Å²) in [5.74, 6) is -0.652. The van der Waals surface area contributed by atoms with Crippen LogP contribution in [0.2, 0.25) is 5.02 Å². The van der Waals surface area contributed by atoms with Crippen LogP contribution in [-0.2, 0) is 11.2 Å². The van der Waals surface area contributed by atoms with Crippen molar-refractivity contribution in [3.63, 3.8) is 0 Å². The molecule has 0 radical (unpaired) electrons. The van der Waals surface area contributed by atoms with Gasteiger partial charge in [0, 0.05) is 5.02 Å². The van der Waals surface area contributed by atoms with Gasteiger partial charge in [-0.1, -0.05) is 23.7 Å². The Labute approximate surface area is 136 Å². The van der Waals surface area contributed by atoms with Crippen LogP contribution in [0, 0.1) is 5.82 Å². The second-order valence-electron chi connectivity index (χ2n) is 4.86. The number of nitrogens with one attached hydrogen (secondary N) is 1. The second kappa shape index (κ2) is 6.58. The van der Waals surface area contributed by atoms with Crippen LogP contribution in [0.5, 0.6) is 0 Å². The molecule has 0 aliphatic rings. The summed E-state index contributed by atoms with van der Waals surface area (Å²) in [5.41, 5.74) is 1.73. The summed E-state index contributed by atoms with van der Waals surface area (Å²) in [6, 6.07) is 11.0. The Morgan fingerprint density at radius 3 is 2.87 bits per heavy atom. The van der Waals surface area contributed by atoms with E-state index >= 15 is 0 Å². The minimum Gasteiger partial charge on any atom is -0.324 e. The smallest absolute Gasteiger partial charge is 0.228 e. The number of benzene rings is 2. The highest BCUT2D eigenvalue weighted by atomic mass is 35.5. The van der Waals surface area contributed by atoms with Crippen molar-refractivity contribution in [2.45, 2.75) is 6.42 Å². The lowest BCUT2D eigenvalue weighted by Gasteiger charge is -2.11. The maximum atomic E-state index is 13.2. The summed E-state index contributed by atoms with van der Waals surface area (Å²) >= 11 is 6.00. The molecule has 3 rings (SSSR count). The minimum absolute atomic E-state index is 0.0566. The maximum absolute atomic E-state index is 13.2. The fraction of sp³-hybridized carbons (Fsp3) is 0.0625. The van der Waals surface area contributed by atoms with Crippen molar-refractivity contribution in [2.24, 2.45) is 0 Å². The van der Waals surface area contributed by atoms with Crippen molar-refractivity contribution in [3.8, 4) is 5.69 Å². The van der Waals surface area contributed by atoms with E-state index in [0.29, 0.717) is 22.0 Å². The minimum atomic E-state index is -0.374. The van der Waals surface area contributed by atoms with Crippen LogP contribution in [0.15, 0.2) is 55.1 Å². The van der Waals surface area contributed by atoms with E-state index in [9.17, 15) is 9.18 Å². The second-order valence-corrected chi connectivity index (χ2v) is 5.29. The molecule has 5 nitrogen and oxygen atoms in total. The Morgan fingerprint density at radius 1 is 1.26 bits per heavy atom. The fourth-order valence-corrected chi connectivity index (χ4v) is 2.34. The zero-order valence-electron chi connectivity index (χ0n) is 11.9. The molecule has 0 atom stereocenters. The van der Waals surface area contributed by atoms with E-state index in [-0.39, 0.29) is 18.1 Å². The number of carbonyl (C=O) groups is 1. The van der Waals surface area contributed by atoms with Crippen molar-refractivity contribution in [3.05, 3.63) is 71.5 Å². The highest BCUT2D eigenvalue weighted by molar-refractivity contribution is 6.31. The summed E-state index contributed by atoms with van der Waals surface area (Å²) < 4.78 is 14.7. The molecule has 1 heterocycles. The number of hydrogen-bond acceptors (Lipinski definition) is 3. The molecule has 0 unspecified atom stereocenters. The molecular formula is C16H12ClFN4O. The van der Waals surface area contributed by atoms with Gasteiger partial charge >= 0.3 is 0 Å². The van der Waals surface area contributed by atoms with Crippen LogP contribution < -0.4 is 5.32 Å². The van der Waals surface area contributed by atoms with E-state index in [1.54, 1.807) is 30.3 Å². The van der Waals surface area contributed by atoms with E-state index in [2.05, 4.69) is 15.4 Å². The SMILES string of the molecule is O=C(Cc1cccc(F)c1)Nc1cc(Cl)ccc1-n1cncn1. The van der Waals surface area contributed by atoms with Gasteiger partial charge in [-0.05, 0) is 35.9 Å². The van der Waals surface area contributed by atoms with Crippen LogP contribution in [0.4, 0.5) is 10.1 Å². The fourth-order valence-electron chi connectivity index (χ4n) is 2.17. The third kappa shape index (κ3) is 3.73. The summed E-state index contributed by atoms with van der Waals surface area (Å²) in [7, 11) is 0. The Bertz CT molecular complexity index is 836. The van der Waals surface area contributed by atoms with E-state index in [0.717, 1.165) is 0 Å². The van der Waals surface area contributed by atoms with Gasteiger partial charge in [-0.2, -0.15) is 5.10 Å². The van der Waals surface area contributed by atoms with Crippen LogP contribution >= 0.6 is 11.6 Å². The van der Waals surface area contributed by atoms with E-state index in [1.807, 2.05) is 0 Å². The number of halogens is 2. The van der Waals surface area contributed by atoms with Crippen molar-refractivity contribution in [1.82, 2.24) is 14.8 Å². The van der Waals surface area contributed by atoms with Crippen molar-refractivity contribution >= 4 is 23.2 Å². The Morgan fingerprint density at radius 2 is 2.13 bits per heavy atom. The highest BCUT2D eigenvalue weighted by Crippen LogP contribution is 2.24. The standard InChI is InChI=1S/C16H12ClFN4O/c17-12-4-5-15(22-10-19-9-20-22)14(8-12)21-16(23)7-11-2-1-3-13(18)6-11/h1-6,8-10H,7H2,(H,21,23). The molecule has 0 bridgehead atoms. The van der Waals surface area contributed by atoms with Gasteiger partial charge in [0.15, 0.2) is 0 Å². The number of nitrogens with zero attached hydrogens (tertiary/aromatic N) is 3. The molecular weight excluding hydrogens is 319 g/mol. The van der Waals surface area contributed by atoms with E-state index < -0.39 is 0 Å². The first-order chi connectivity index (χ1) is 11.1. The van der Waals surface area contributed by atoms with Gasteiger partial charge in [-0.25, -0.2) is 14.1 Å². The third-order valence-electron chi connectivity index (χ3n) is 3.15. The van der Waals surface area contributed by atoms with Gasteiger partial charge in [-0.3, -0.25) is 4.79 Å². The highest BCUT2D eigenvalue weighted by Gasteiger charge is 2.11. The van der Waals surface area contributed by atoms with Crippen LogP contribution in [-0.4, -0.2) is 20.7 Å². The largest absolute Gasteiger partial charge is 0.324 e. The first-order valence-electron chi connectivity index (χ1n) is 6.80. The molecule has 0 saturated carbocycles. The van der Waals surface area contributed by atoms with Gasteiger partial charge in [0.1, 0.15) is 18.5 Å². The van der Waals surface area contributed by atoms with Gasteiger partial charge in [0.2, 0.25) is 5.91 Å². The lowest BCUT2D eigenvalue weighted by Crippen LogP contribution is -2.16. The zero-order valence-corrected chi connectivity index (χ0v) is 12.7. The number of amides is 1. The topological polar surface area (TPSA) is 59.8 Å². The monoisotopic (exact) mass is 330 g/mol. The Hall–Kier alpha value is -2.73. The molecule has 0 aliphatic heterocycles. The molecule has 0 spiro atoms. The summed E-state index contributed by atoms with van der Waals surface area (Å²) in [5, 5.41) is 7.30. The predicted octanol–water partition coefficient (Wildman–Crippen LogP) is 3.24. The molecule has 2 aromatic carbocycles.